The van der Waals surface area contributed by atoms with E-state index in [1.165, 1.54) is 4.90 Å². The van der Waals surface area contributed by atoms with Crippen molar-refractivity contribution in [2.24, 2.45) is 13.0 Å². The normalized spacial score (nSPS) is 21.6. The van der Waals surface area contributed by atoms with Gasteiger partial charge in [0.1, 0.15) is 5.60 Å². The summed E-state index contributed by atoms with van der Waals surface area (Å²) in [5.74, 6) is -0.920. The van der Waals surface area contributed by atoms with Gasteiger partial charge in [0.2, 0.25) is 0 Å². The maximum absolute atomic E-state index is 12.9. The number of rotatable bonds is 3. The Morgan fingerprint density at radius 3 is 2.52 bits per heavy atom. The zero-order valence-corrected chi connectivity index (χ0v) is 18.6. The predicted octanol–water partition coefficient (Wildman–Crippen LogP) is 0.612. The van der Waals surface area contributed by atoms with Crippen LogP contribution in [-0.4, -0.2) is 46.4 Å². The zero-order valence-electron chi connectivity index (χ0n) is 15.5. The first-order valence-electron chi connectivity index (χ1n) is 8.12. The number of aryl methyl sites for hydroxylation is 1. The molecule has 5 nitrogen and oxygen atoms in total. The summed E-state index contributed by atoms with van der Waals surface area (Å²) >= 11 is 0. The van der Waals surface area contributed by atoms with Crippen LogP contribution in [0.2, 0.25) is 6.32 Å². The molecule has 1 amide bonds. The van der Waals surface area contributed by atoms with Crippen LogP contribution in [0.25, 0.3) is 0 Å². The smallest absolute Gasteiger partial charge is 0.449 e. The number of aromatic nitrogens is 2. The minimum atomic E-state index is -4.87. The van der Waals surface area contributed by atoms with E-state index in [4.69, 9.17) is 4.74 Å². The maximum atomic E-state index is 12.9. The number of piperidine rings is 1. The molecular formula is C15H24BF3KN3O2. The fourth-order valence-electron chi connectivity index (χ4n) is 3.13. The first-order chi connectivity index (χ1) is 10.9. The monoisotopic (exact) mass is 385 g/mol. The van der Waals surface area contributed by atoms with E-state index in [0.717, 1.165) is 5.56 Å². The standard InChI is InChI=1S/C15H24BF3N3O2.K/c1-15(2,3)24-14(23)22-6-5-11(7-16(17,18)19)13(10-22)12-8-20-21(4)9-12;/h8-9,11,13H,5-7,10H2,1-4H3;/q-1;+1/t11-,13+;/m0./s1. The third-order valence-corrected chi connectivity index (χ3v) is 4.13. The molecule has 1 fully saturated rings. The molecule has 1 aromatic heterocycles. The van der Waals surface area contributed by atoms with E-state index in [1.54, 1.807) is 44.9 Å². The number of amides is 1. The molecule has 1 aliphatic rings. The average molecular weight is 385 g/mol. The molecule has 1 aliphatic heterocycles. The molecule has 0 bridgehead atoms. The van der Waals surface area contributed by atoms with E-state index in [2.05, 4.69) is 5.10 Å². The average Bonchev–Trinajstić information content (AvgIpc) is 2.81. The number of likely N-dealkylation sites (tertiary alicyclic amines) is 1. The molecule has 10 heteroatoms. The molecule has 0 spiro atoms. The summed E-state index contributed by atoms with van der Waals surface area (Å²) in [7, 11) is 1.72. The van der Waals surface area contributed by atoms with Crippen molar-refractivity contribution in [2.45, 2.75) is 45.0 Å². The van der Waals surface area contributed by atoms with E-state index in [0.29, 0.717) is 6.42 Å². The summed E-state index contributed by atoms with van der Waals surface area (Å²) in [6.07, 6.45) is 2.34. The van der Waals surface area contributed by atoms with Crippen LogP contribution in [-0.2, 0) is 11.8 Å². The van der Waals surface area contributed by atoms with Gasteiger partial charge in [0.25, 0.3) is 0 Å². The molecule has 25 heavy (non-hydrogen) atoms. The molecule has 1 aromatic rings. The van der Waals surface area contributed by atoms with Gasteiger partial charge in [-0.1, -0.05) is 12.2 Å². The SMILES string of the molecule is Cn1cc([C@@H]2CN(C(=O)OC(C)(C)C)CC[C@H]2C[B-](F)(F)F)cn1.[K+]. The van der Waals surface area contributed by atoms with Gasteiger partial charge in [-0.2, -0.15) is 5.10 Å². The number of ether oxygens (including phenoxy) is 1. The maximum Gasteiger partial charge on any atom is 1.00 e. The van der Waals surface area contributed by atoms with Crippen molar-refractivity contribution >= 4 is 13.1 Å². The van der Waals surface area contributed by atoms with Gasteiger partial charge in [-0.05, 0) is 32.8 Å². The van der Waals surface area contributed by atoms with Crippen molar-refractivity contribution in [1.29, 1.82) is 0 Å². The fraction of sp³-hybridized carbons (Fsp3) is 0.733. The number of carbonyl (C=O) groups excluding carboxylic acids is 1. The second kappa shape index (κ2) is 8.77. The summed E-state index contributed by atoms with van der Waals surface area (Å²) in [6.45, 7) is 0.928. The van der Waals surface area contributed by atoms with Crippen LogP contribution in [0.3, 0.4) is 0 Å². The van der Waals surface area contributed by atoms with E-state index < -0.39 is 30.9 Å². The Bertz CT molecular complexity index is 589. The van der Waals surface area contributed by atoms with Gasteiger partial charge in [0.15, 0.2) is 0 Å². The largest absolute Gasteiger partial charge is 1.00 e. The van der Waals surface area contributed by atoms with Gasteiger partial charge in [-0.3, -0.25) is 4.68 Å². The van der Waals surface area contributed by atoms with Crippen molar-refractivity contribution in [3.8, 4) is 0 Å². The molecule has 0 aliphatic carbocycles. The number of nitrogens with zero attached hydrogens (tertiary/aromatic N) is 3. The van der Waals surface area contributed by atoms with Crippen LogP contribution in [0, 0.1) is 5.92 Å². The van der Waals surface area contributed by atoms with Gasteiger partial charge < -0.3 is 22.6 Å². The van der Waals surface area contributed by atoms with E-state index in [1.807, 2.05) is 0 Å². The molecule has 1 saturated heterocycles. The Balaban J connectivity index is 0.00000312. The summed E-state index contributed by atoms with van der Waals surface area (Å²) < 4.78 is 45.8. The third-order valence-electron chi connectivity index (χ3n) is 4.13. The van der Waals surface area contributed by atoms with Crippen LogP contribution >= 0.6 is 0 Å². The van der Waals surface area contributed by atoms with Crippen LogP contribution in [0.5, 0.6) is 0 Å². The van der Waals surface area contributed by atoms with Crippen molar-refractivity contribution < 1.29 is 73.9 Å². The quantitative estimate of drug-likeness (QED) is 0.717. The van der Waals surface area contributed by atoms with Gasteiger partial charge in [0.05, 0.1) is 6.20 Å². The molecule has 0 unspecified atom stereocenters. The molecule has 136 valence electrons. The van der Waals surface area contributed by atoms with Gasteiger partial charge in [-0.15, -0.1) is 0 Å². The Labute approximate surface area is 189 Å². The topological polar surface area (TPSA) is 47.4 Å². The zero-order chi connectivity index (χ0) is 18.1. The first kappa shape index (κ1) is 23.0. The van der Waals surface area contributed by atoms with Crippen molar-refractivity contribution in [1.82, 2.24) is 14.7 Å². The van der Waals surface area contributed by atoms with Crippen molar-refractivity contribution in [3.05, 3.63) is 18.0 Å². The van der Waals surface area contributed by atoms with Crippen LogP contribution in [0.1, 0.15) is 38.7 Å². The molecule has 0 aromatic carbocycles. The molecule has 2 rings (SSSR count). The number of halogens is 3. The van der Waals surface area contributed by atoms with E-state index in [9.17, 15) is 17.7 Å². The van der Waals surface area contributed by atoms with Gasteiger partial charge in [-0.25, -0.2) is 4.79 Å². The number of hydrogen-bond donors (Lipinski definition) is 0. The number of carbonyl (C=O) groups is 1. The first-order valence-corrected chi connectivity index (χ1v) is 8.12. The molecule has 2 heterocycles. The summed E-state index contributed by atoms with van der Waals surface area (Å²) in [4.78, 5) is 13.8. The summed E-state index contributed by atoms with van der Waals surface area (Å²) in [5.41, 5.74) is 0.100. The van der Waals surface area contributed by atoms with Crippen molar-refractivity contribution in [2.75, 3.05) is 13.1 Å². The predicted molar refractivity (Wildman–Crippen MR) is 85.7 cm³/mol. The molecule has 0 N–H and O–H groups in total. The Morgan fingerprint density at radius 2 is 2.04 bits per heavy atom. The molecule has 0 saturated carbocycles. The summed E-state index contributed by atoms with van der Waals surface area (Å²) in [5, 5.41) is 4.06. The summed E-state index contributed by atoms with van der Waals surface area (Å²) in [6, 6.07) is 0. The van der Waals surface area contributed by atoms with Gasteiger partial charge in [0, 0.05) is 32.3 Å². The Hall–Kier alpha value is -0.0287. The Kier molecular flexibility index (Phi) is 8.08. The fourth-order valence-corrected chi connectivity index (χ4v) is 3.13. The molecule has 2 atom stereocenters. The van der Waals surface area contributed by atoms with Crippen LogP contribution in [0.4, 0.5) is 17.7 Å². The number of hydrogen-bond acceptors (Lipinski definition) is 3. The second-order valence-corrected chi connectivity index (χ2v) is 7.47. The Morgan fingerprint density at radius 1 is 1.40 bits per heavy atom. The van der Waals surface area contributed by atoms with E-state index >= 15 is 0 Å². The van der Waals surface area contributed by atoms with Crippen LogP contribution < -0.4 is 51.4 Å². The minimum absolute atomic E-state index is 0. The molecule has 0 radical (unpaired) electrons. The van der Waals surface area contributed by atoms with Crippen molar-refractivity contribution in [3.63, 3.8) is 0 Å². The minimum Gasteiger partial charge on any atom is -0.449 e. The second-order valence-electron chi connectivity index (χ2n) is 7.47. The van der Waals surface area contributed by atoms with E-state index in [-0.39, 0.29) is 70.4 Å². The van der Waals surface area contributed by atoms with Gasteiger partial charge >= 0.3 is 64.5 Å². The molecular weight excluding hydrogens is 361 g/mol. The third kappa shape index (κ3) is 7.24. The van der Waals surface area contributed by atoms with Crippen LogP contribution in [0.15, 0.2) is 12.4 Å².